The Morgan fingerprint density at radius 3 is 2.65 bits per heavy atom. The first-order valence-electron chi connectivity index (χ1n) is 10.2. The molecule has 0 radical (unpaired) electrons. The highest BCUT2D eigenvalue weighted by Crippen LogP contribution is 2.28. The minimum atomic E-state index is -0.783. The predicted molar refractivity (Wildman–Crippen MR) is 121 cm³/mol. The third kappa shape index (κ3) is 5.41. The number of nitrogens with two attached hydrogens (primary N) is 3. The fraction of sp³-hybridized carbons (Fsp3) is 0.333. The Hall–Kier alpha value is -3.37. The number of primary amides is 1. The molecule has 1 heterocycles. The van der Waals surface area contributed by atoms with Crippen LogP contribution in [-0.2, 0) is 0 Å². The van der Waals surface area contributed by atoms with E-state index in [0.29, 0.717) is 11.4 Å². The van der Waals surface area contributed by atoms with E-state index in [1.807, 2.05) is 7.05 Å². The second kappa shape index (κ2) is 10.1. The summed E-state index contributed by atoms with van der Waals surface area (Å²) in [5, 5.41) is 10.9. The second-order valence-electron chi connectivity index (χ2n) is 7.43. The number of hydrazine groups is 1. The van der Waals surface area contributed by atoms with E-state index in [0.717, 1.165) is 31.7 Å². The summed E-state index contributed by atoms with van der Waals surface area (Å²) in [5.74, 6) is 4.72. The summed E-state index contributed by atoms with van der Waals surface area (Å²) < 4.78 is 14.7. The lowest BCUT2D eigenvalue weighted by atomic mass is 9.90. The number of nitrogens with zero attached hydrogens (tertiary/aromatic N) is 2. The van der Waals surface area contributed by atoms with E-state index in [-0.39, 0.29) is 29.3 Å². The first kappa shape index (κ1) is 22.3. The number of carbonyl (C=O) groups excluding carboxylic acids is 1. The molecule has 3 rings (SSSR count). The molecule has 1 fully saturated rings. The van der Waals surface area contributed by atoms with Gasteiger partial charge in [0, 0.05) is 30.2 Å². The maximum Gasteiger partial charge on any atom is 0.252 e. The monoisotopic (exact) mass is 428 g/mol. The van der Waals surface area contributed by atoms with Crippen LogP contribution in [0.25, 0.3) is 0 Å². The van der Waals surface area contributed by atoms with E-state index in [1.165, 1.54) is 17.4 Å². The lowest BCUT2D eigenvalue weighted by molar-refractivity contribution is 0.100. The molecule has 166 valence electrons. The molecule has 0 bridgehead atoms. The maximum atomic E-state index is 14.7. The Balaban J connectivity index is 1.91. The standard InChI is InChI=1S/C21H29FN8O/c1-26-17-7-2-3-8-18(17)28-21-16(22)12-15(19(24)31)20(29-21)27-13-5-4-6-14(11-13)30(25)10-9-23/h4-6,9-12,17-18,26H,2-3,7-8,23,25H2,1H3,(H2,24,31)(H2,27,28,29)/b10-9-/t17-,18+/m0/s1. The number of halogens is 1. The number of hydrogen-bond donors (Lipinski definition) is 6. The van der Waals surface area contributed by atoms with Crippen molar-refractivity contribution in [2.45, 2.75) is 37.8 Å². The zero-order chi connectivity index (χ0) is 22.4. The van der Waals surface area contributed by atoms with Gasteiger partial charge in [0.2, 0.25) is 0 Å². The largest absolute Gasteiger partial charge is 0.403 e. The number of aromatic nitrogens is 1. The van der Waals surface area contributed by atoms with Crippen molar-refractivity contribution in [3.05, 3.63) is 54.1 Å². The normalized spacial score (nSPS) is 18.7. The number of benzene rings is 1. The first-order valence-corrected chi connectivity index (χ1v) is 10.2. The number of hydrogen-bond acceptors (Lipinski definition) is 8. The van der Waals surface area contributed by atoms with Gasteiger partial charge in [0.25, 0.3) is 5.91 Å². The fourth-order valence-electron chi connectivity index (χ4n) is 3.76. The van der Waals surface area contributed by atoms with Crippen LogP contribution in [0.5, 0.6) is 0 Å². The lowest BCUT2D eigenvalue weighted by Crippen LogP contribution is -2.45. The molecule has 0 spiro atoms. The number of nitrogens with one attached hydrogen (secondary N) is 3. The molecule has 0 aliphatic heterocycles. The van der Waals surface area contributed by atoms with Gasteiger partial charge in [-0.15, -0.1) is 0 Å². The van der Waals surface area contributed by atoms with Crippen molar-refractivity contribution >= 4 is 28.9 Å². The summed E-state index contributed by atoms with van der Waals surface area (Å²) in [6.45, 7) is 0. The van der Waals surface area contributed by atoms with Crippen molar-refractivity contribution in [2.24, 2.45) is 17.3 Å². The quantitative estimate of drug-likeness (QED) is 0.277. The third-order valence-electron chi connectivity index (χ3n) is 5.35. The first-order chi connectivity index (χ1) is 14.9. The summed E-state index contributed by atoms with van der Waals surface area (Å²) in [6, 6.07) is 8.41. The van der Waals surface area contributed by atoms with Crippen LogP contribution in [0.15, 0.2) is 42.7 Å². The average Bonchev–Trinajstić information content (AvgIpc) is 2.76. The molecule has 1 aliphatic rings. The van der Waals surface area contributed by atoms with Crippen molar-refractivity contribution in [3.8, 4) is 0 Å². The molecule has 0 saturated heterocycles. The number of likely N-dealkylation sites (N-methyl/N-ethyl adjacent to an activating group) is 1. The molecule has 31 heavy (non-hydrogen) atoms. The predicted octanol–water partition coefficient (Wildman–Crippen LogP) is 2.12. The highest BCUT2D eigenvalue weighted by atomic mass is 19.1. The Morgan fingerprint density at radius 1 is 1.23 bits per heavy atom. The van der Waals surface area contributed by atoms with Crippen molar-refractivity contribution < 1.29 is 9.18 Å². The molecule has 9 nitrogen and oxygen atoms in total. The van der Waals surface area contributed by atoms with Crippen LogP contribution in [0, 0.1) is 5.82 Å². The minimum Gasteiger partial charge on any atom is -0.403 e. The summed E-state index contributed by atoms with van der Waals surface area (Å²) >= 11 is 0. The summed E-state index contributed by atoms with van der Waals surface area (Å²) in [5.41, 5.74) is 12.0. The Kier molecular flexibility index (Phi) is 7.27. The molecular formula is C21H29FN8O. The molecule has 1 aromatic heterocycles. The smallest absolute Gasteiger partial charge is 0.252 e. The topological polar surface area (TPSA) is 147 Å². The van der Waals surface area contributed by atoms with Crippen LogP contribution in [0.1, 0.15) is 36.0 Å². The molecule has 1 saturated carbocycles. The van der Waals surface area contributed by atoms with Gasteiger partial charge in [-0.3, -0.25) is 9.80 Å². The third-order valence-corrected chi connectivity index (χ3v) is 5.35. The Morgan fingerprint density at radius 2 is 1.97 bits per heavy atom. The van der Waals surface area contributed by atoms with Crippen molar-refractivity contribution in [3.63, 3.8) is 0 Å². The number of anilines is 4. The van der Waals surface area contributed by atoms with Crippen LogP contribution in [0.4, 0.5) is 27.4 Å². The van der Waals surface area contributed by atoms with Gasteiger partial charge in [-0.1, -0.05) is 18.9 Å². The van der Waals surface area contributed by atoms with Gasteiger partial charge in [-0.25, -0.2) is 15.2 Å². The fourth-order valence-corrected chi connectivity index (χ4v) is 3.76. The summed E-state index contributed by atoms with van der Waals surface area (Å²) in [7, 11) is 1.89. The van der Waals surface area contributed by atoms with Crippen molar-refractivity contribution in [2.75, 3.05) is 22.7 Å². The van der Waals surface area contributed by atoms with E-state index < -0.39 is 11.7 Å². The van der Waals surface area contributed by atoms with Gasteiger partial charge in [0.1, 0.15) is 5.82 Å². The number of rotatable bonds is 8. The molecule has 0 unspecified atom stereocenters. The van der Waals surface area contributed by atoms with E-state index in [4.69, 9.17) is 17.3 Å². The molecular weight excluding hydrogens is 399 g/mol. The minimum absolute atomic E-state index is 0.0326. The van der Waals surface area contributed by atoms with Gasteiger partial charge < -0.3 is 27.4 Å². The van der Waals surface area contributed by atoms with Gasteiger partial charge in [-0.2, -0.15) is 0 Å². The average molecular weight is 429 g/mol. The van der Waals surface area contributed by atoms with E-state index in [2.05, 4.69) is 20.9 Å². The van der Waals surface area contributed by atoms with E-state index >= 15 is 0 Å². The zero-order valence-corrected chi connectivity index (χ0v) is 17.4. The van der Waals surface area contributed by atoms with Gasteiger partial charge in [0.15, 0.2) is 11.6 Å². The highest BCUT2D eigenvalue weighted by Gasteiger charge is 2.26. The van der Waals surface area contributed by atoms with E-state index in [9.17, 15) is 9.18 Å². The van der Waals surface area contributed by atoms with Crippen LogP contribution < -0.4 is 38.3 Å². The summed E-state index contributed by atoms with van der Waals surface area (Å²) in [4.78, 5) is 16.3. The molecule has 10 heteroatoms. The Labute approximate surface area is 180 Å². The number of amides is 1. The lowest BCUT2D eigenvalue weighted by Gasteiger charge is -2.32. The van der Waals surface area contributed by atoms with Gasteiger partial charge >= 0.3 is 0 Å². The van der Waals surface area contributed by atoms with Crippen LogP contribution in [-0.4, -0.2) is 30.0 Å². The number of pyridine rings is 1. The van der Waals surface area contributed by atoms with Gasteiger partial charge in [-0.05, 0) is 44.2 Å². The van der Waals surface area contributed by atoms with Crippen molar-refractivity contribution in [1.29, 1.82) is 0 Å². The molecule has 1 aromatic carbocycles. The zero-order valence-electron chi connectivity index (χ0n) is 17.4. The molecule has 2 atom stereocenters. The molecule has 1 aliphatic carbocycles. The number of carbonyl (C=O) groups is 1. The second-order valence-corrected chi connectivity index (χ2v) is 7.43. The van der Waals surface area contributed by atoms with E-state index in [1.54, 1.807) is 24.3 Å². The summed E-state index contributed by atoms with van der Waals surface area (Å²) in [6.07, 6.45) is 6.89. The molecule has 9 N–H and O–H groups in total. The highest BCUT2D eigenvalue weighted by molar-refractivity contribution is 5.98. The van der Waals surface area contributed by atoms with Gasteiger partial charge in [0.05, 0.1) is 11.3 Å². The van der Waals surface area contributed by atoms with Crippen LogP contribution in [0.2, 0.25) is 0 Å². The van der Waals surface area contributed by atoms with Crippen molar-refractivity contribution in [1.82, 2.24) is 10.3 Å². The van der Waals surface area contributed by atoms with Crippen LogP contribution >= 0.6 is 0 Å². The van der Waals surface area contributed by atoms with Crippen LogP contribution in [0.3, 0.4) is 0 Å². The maximum absolute atomic E-state index is 14.7. The Bertz CT molecular complexity index is 951. The molecule has 1 amide bonds. The SMILES string of the molecule is CN[C@H]1CCCC[C@H]1Nc1nc(Nc2cccc(N(N)/C=C\N)c2)c(C(N)=O)cc1F. The molecule has 2 aromatic rings.